The molecule has 0 aliphatic carbocycles. The highest BCUT2D eigenvalue weighted by molar-refractivity contribution is 6.18. The number of aldehydes is 1. The second kappa shape index (κ2) is 5.31. The molecule has 0 N–H and O–H groups in total. The maximum absolute atomic E-state index is 10.5. The van der Waals surface area contributed by atoms with Crippen LogP contribution in [0.3, 0.4) is 0 Å². The van der Waals surface area contributed by atoms with Crippen LogP contribution in [0, 0.1) is 0 Å². The zero-order valence-corrected chi connectivity index (χ0v) is 10.7. The summed E-state index contributed by atoms with van der Waals surface area (Å²) in [6.45, 7) is 6.02. The van der Waals surface area contributed by atoms with Crippen LogP contribution in [0.2, 0.25) is 0 Å². The second-order valence-electron chi connectivity index (χ2n) is 4.65. The summed E-state index contributed by atoms with van der Waals surface area (Å²) in [5, 5.41) is 0. The summed E-state index contributed by atoms with van der Waals surface area (Å²) in [7, 11) is 0. The van der Waals surface area contributed by atoms with Gasteiger partial charge in [-0.1, -0.05) is 38.1 Å². The maximum atomic E-state index is 10.5. The number of alkyl halides is 1. The van der Waals surface area contributed by atoms with Crippen LogP contribution in [-0.4, -0.2) is 12.2 Å². The topological polar surface area (TPSA) is 17.1 Å². The molecule has 1 nitrogen and oxygen atoms in total. The number of rotatable bonds is 4. The fourth-order valence-corrected chi connectivity index (χ4v) is 1.56. The second-order valence-corrected chi connectivity index (χ2v) is 4.91. The van der Waals surface area contributed by atoms with Crippen LogP contribution in [0.4, 0.5) is 0 Å². The summed E-state index contributed by atoms with van der Waals surface area (Å²) in [5.41, 5.74) is 2.97. The van der Waals surface area contributed by atoms with E-state index < -0.39 is 0 Å². The molecular formula is C14H17ClO. The third-order valence-corrected chi connectivity index (χ3v) is 3.27. The first-order chi connectivity index (χ1) is 7.49. The minimum absolute atomic E-state index is 0.0104. The Kier molecular flexibility index (Phi) is 4.31. The largest absolute Gasteiger partial charge is 0.298 e. The molecule has 0 fully saturated rings. The van der Waals surface area contributed by atoms with Gasteiger partial charge in [-0.15, -0.1) is 11.6 Å². The Labute approximate surface area is 102 Å². The molecule has 0 bridgehead atoms. The van der Waals surface area contributed by atoms with Crippen LogP contribution in [0.5, 0.6) is 0 Å². The molecule has 0 saturated heterocycles. The fraction of sp³-hybridized carbons (Fsp3) is 0.357. The monoisotopic (exact) mass is 236 g/mol. The Hall–Kier alpha value is -1.08. The molecule has 16 heavy (non-hydrogen) atoms. The number of hydrogen-bond donors (Lipinski definition) is 0. The van der Waals surface area contributed by atoms with Crippen molar-refractivity contribution >= 4 is 24.0 Å². The molecule has 0 spiro atoms. The molecule has 1 aromatic carbocycles. The molecule has 0 amide bonds. The van der Waals surface area contributed by atoms with Gasteiger partial charge in [0.2, 0.25) is 0 Å². The van der Waals surface area contributed by atoms with Gasteiger partial charge in [0.05, 0.1) is 0 Å². The van der Waals surface area contributed by atoms with Crippen molar-refractivity contribution in [3.8, 4) is 0 Å². The molecule has 0 saturated carbocycles. The van der Waals surface area contributed by atoms with Gasteiger partial charge in [-0.25, -0.2) is 0 Å². The fourth-order valence-electron chi connectivity index (χ4n) is 1.40. The number of benzene rings is 1. The number of hydrogen-bond acceptors (Lipinski definition) is 1. The number of carbonyl (C=O) groups is 1. The molecule has 1 aromatic rings. The predicted molar refractivity (Wildman–Crippen MR) is 69.9 cm³/mol. The zero-order chi connectivity index (χ0) is 12.2. The van der Waals surface area contributed by atoms with E-state index in [1.165, 1.54) is 5.56 Å². The third-order valence-electron chi connectivity index (χ3n) is 2.61. The Balaban J connectivity index is 2.96. The van der Waals surface area contributed by atoms with Crippen molar-refractivity contribution in [1.82, 2.24) is 0 Å². The summed E-state index contributed by atoms with van der Waals surface area (Å²) in [6, 6.07) is 8.14. The first-order valence-electron chi connectivity index (χ1n) is 5.29. The van der Waals surface area contributed by atoms with Crippen molar-refractivity contribution in [2.45, 2.75) is 26.2 Å². The van der Waals surface area contributed by atoms with Crippen LogP contribution < -0.4 is 0 Å². The summed E-state index contributed by atoms with van der Waals surface area (Å²) in [6.07, 6.45) is 2.72. The summed E-state index contributed by atoms with van der Waals surface area (Å²) in [4.78, 5) is 10.5. The highest BCUT2D eigenvalue weighted by Crippen LogP contribution is 2.25. The minimum atomic E-state index is -0.0104. The normalized spacial score (nSPS) is 12.6. The lowest BCUT2D eigenvalue weighted by atomic mass is 9.86. The summed E-state index contributed by atoms with van der Waals surface area (Å²) >= 11 is 5.92. The van der Waals surface area contributed by atoms with Crippen LogP contribution in [0.25, 0.3) is 6.08 Å². The quantitative estimate of drug-likeness (QED) is 0.442. The molecular weight excluding hydrogens is 220 g/mol. The standard InChI is InChI=1S/C14H17ClO/c1-11(9-16)8-12-4-6-13(7-5-12)14(2,3)10-15/h4-9H,10H2,1-3H3/b11-8+. The van der Waals surface area contributed by atoms with Gasteiger partial charge in [0.15, 0.2) is 0 Å². The van der Waals surface area contributed by atoms with Gasteiger partial charge in [0.25, 0.3) is 0 Å². The van der Waals surface area contributed by atoms with E-state index in [4.69, 9.17) is 11.6 Å². The molecule has 2 heteroatoms. The van der Waals surface area contributed by atoms with Gasteiger partial charge in [-0.3, -0.25) is 4.79 Å². The van der Waals surface area contributed by atoms with Crippen LogP contribution in [-0.2, 0) is 10.2 Å². The predicted octanol–water partition coefficient (Wildman–Crippen LogP) is 3.81. The van der Waals surface area contributed by atoms with E-state index in [0.29, 0.717) is 5.88 Å². The van der Waals surface area contributed by atoms with Crippen molar-refractivity contribution in [3.05, 3.63) is 41.0 Å². The van der Waals surface area contributed by atoms with Gasteiger partial charge in [0, 0.05) is 11.3 Å². The van der Waals surface area contributed by atoms with E-state index in [1.54, 1.807) is 6.92 Å². The van der Waals surface area contributed by atoms with E-state index in [-0.39, 0.29) is 5.41 Å². The highest BCUT2D eigenvalue weighted by Gasteiger charge is 2.18. The lowest BCUT2D eigenvalue weighted by Crippen LogP contribution is -2.18. The average Bonchev–Trinajstić information content (AvgIpc) is 2.29. The average molecular weight is 237 g/mol. The lowest BCUT2D eigenvalue weighted by molar-refractivity contribution is -0.104. The van der Waals surface area contributed by atoms with Crippen LogP contribution in [0.15, 0.2) is 29.8 Å². The molecule has 0 radical (unpaired) electrons. The first-order valence-corrected chi connectivity index (χ1v) is 5.83. The SMILES string of the molecule is C/C(C=O)=C\c1ccc(C(C)(C)CCl)cc1. The molecule has 0 atom stereocenters. The van der Waals surface area contributed by atoms with E-state index in [0.717, 1.165) is 17.4 Å². The molecule has 0 aliphatic rings. The van der Waals surface area contributed by atoms with Crippen molar-refractivity contribution in [3.63, 3.8) is 0 Å². The van der Waals surface area contributed by atoms with E-state index in [2.05, 4.69) is 26.0 Å². The number of carbonyl (C=O) groups excluding carboxylic acids is 1. The summed E-state index contributed by atoms with van der Waals surface area (Å²) < 4.78 is 0. The first kappa shape index (κ1) is 13.0. The van der Waals surface area contributed by atoms with Crippen molar-refractivity contribution in [2.75, 3.05) is 5.88 Å². The Bertz CT molecular complexity index is 388. The number of halogens is 1. The molecule has 0 aliphatic heterocycles. The van der Waals surface area contributed by atoms with E-state index in [1.807, 2.05) is 18.2 Å². The van der Waals surface area contributed by atoms with E-state index >= 15 is 0 Å². The number of allylic oxidation sites excluding steroid dienone is 1. The van der Waals surface area contributed by atoms with Crippen molar-refractivity contribution in [1.29, 1.82) is 0 Å². The zero-order valence-electron chi connectivity index (χ0n) is 9.96. The highest BCUT2D eigenvalue weighted by atomic mass is 35.5. The van der Waals surface area contributed by atoms with Gasteiger partial charge in [-0.05, 0) is 29.7 Å². The Morgan fingerprint density at radius 1 is 1.31 bits per heavy atom. The van der Waals surface area contributed by atoms with Crippen molar-refractivity contribution in [2.24, 2.45) is 0 Å². The van der Waals surface area contributed by atoms with E-state index in [9.17, 15) is 4.79 Å². The van der Waals surface area contributed by atoms with Gasteiger partial charge in [-0.2, -0.15) is 0 Å². The lowest BCUT2D eigenvalue weighted by Gasteiger charge is -2.21. The van der Waals surface area contributed by atoms with Gasteiger partial charge >= 0.3 is 0 Å². The minimum Gasteiger partial charge on any atom is -0.298 e. The summed E-state index contributed by atoms with van der Waals surface area (Å²) in [5.74, 6) is 0.593. The van der Waals surface area contributed by atoms with Crippen molar-refractivity contribution < 1.29 is 4.79 Å². The van der Waals surface area contributed by atoms with Crippen LogP contribution in [0.1, 0.15) is 31.9 Å². The third kappa shape index (κ3) is 3.21. The maximum Gasteiger partial charge on any atom is 0.145 e. The smallest absolute Gasteiger partial charge is 0.145 e. The molecule has 0 heterocycles. The molecule has 86 valence electrons. The van der Waals surface area contributed by atoms with Crippen LogP contribution >= 0.6 is 11.6 Å². The molecule has 1 rings (SSSR count). The molecule has 0 unspecified atom stereocenters. The Morgan fingerprint density at radius 2 is 1.88 bits per heavy atom. The van der Waals surface area contributed by atoms with Gasteiger partial charge in [0.1, 0.15) is 6.29 Å². The van der Waals surface area contributed by atoms with Gasteiger partial charge < -0.3 is 0 Å². The Morgan fingerprint density at radius 3 is 2.31 bits per heavy atom. The molecule has 0 aromatic heterocycles.